The first-order valence-electron chi connectivity index (χ1n) is 13.7. The molecule has 9 heteroatoms. The number of hydrogen-bond acceptors (Lipinski definition) is 9. The summed E-state index contributed by atoms with van der Waals surface area (Å²) in [5.41, 5.74) is -2.68. The molecule has 1 aromatic rings. The van der Waals surface area contributed by atoms with Gasteiger partial charge in [0, 0.05) is 24.2 Å². The van der Waals surface area contributed by atoms with E-state index in [0.717, 1.165) is 0 Å². The average molecular weight is 541 g/mol. The van der Waals surface area contributed by atoms with Crippen molar-refractivity contribution in [2.45, 2.75) is 70.6 Å². The zero-order valence-corrected chi connectivity index (χ0v) is 22.8. The Bertz CT molecular complexity index is 1250. The molecular weight excluding hydrogens is 504 g/mol. The molecule has 210 valence electrons. The summed E-state index contributed by atoms with van der Waals surface area (Å²) in [6.07, 6.45) is -1.02. The molecule has 6 aliphatic rings. The average Bonchev–Trinajstić information content (AvgIpc) is 3.01. The molecule has 7 rings (SSSR count). The third-order valence-corrected chi connectivity index (χ3v) is 10.7. The maximum absolute atomic E-state index is 14.3. The largest absolute Gasteiger partial charge is 0.497 e. The van der Waals surface area contributed by atoms with Crippen LogP contribution in [0.4, 0.5) is 0 Å². The number of fused-ring (bicyclic) bond motifs is 2. The lowest BCUT2D eigenvalue weighted by molar-refractivity contribution is -0.457. The molecule has 0 radical (unpaired) electrons. The van der Waals surface area contributed by atoms with E-state index in [-0.39, 0.29) is 17.7 Å². The predicted molar refractivity (Wildman–Crippen MR) is 136 cm³/mol. The van der Waals surface area contributed by atoms with E-state index in [1.54, 1.807) is 24.3 Å². The van der Waals surface area contributed by atoms with Crippen molar-refractivity contribution in [2.75, 3.05) is 13.7 Å². The van der Waals surface area contributed by atoms with E-state index in [4.69, 9.17) is 18.9 Å². The number of Topliss-reactive ketones (excluding diaryl/α,β-unsaturated/α-hetero) is 1. The van der Waals surface area contributed by atoms with Gasteiger partial charge < -0.3 is 29.2 Å². The zero-order valence-electron chi connectivity index (χ0n) is 22.8. The molecule has 2 spiro atoms. The molecule has 2 saturated heterocycles. The summed E-state index contributed by atoms with van der Waals surface area (Å²) in [5.74, 6) is -4.93. The minimum atomic E-state index is -2.31. The van der Waals surface area contributed by atoms with E-state index in [1.807, 2.05) is 13.8 Å². The van der Waals surface area contributed by atoms with Gasteiger partial charge in [0.1, 0.15) is 29.5 Å². The first-order chi connectivity index (χ1) is 18.4. The maximum Gasteiger partial charge on any atom is 0.338 e. The van der Waals surface area contributed by atoms with E-state index < -0.39 is 75.8 Å². The van der Waals surface area contributed by atoms with Gasteiger partial charge >= 0.3 is 11.9 Å². The number of aliphatic hydroxyl groups is 2. The van der Waals surface area contributed by atoms with E-state index in [9.17, 15) is 24.6 Å². The van der Waals surface area contributed by atoms with Gasteiger partial charge in [0.05, 0.1) is 19.3 Å². The SMILES string of the molecule is C=C1C(=O)C23[C@H](OC(=O)c4ccc(OC)cc4)[C@H]1CC[C@H]2C12CO[C@@]3(O)[C@@H](O)[C@@H]1C(C)(C)CC[C@@H]2OC(C)=O. The molecule has 4 bridgehead atoms. The van der Waals surface area contributed by atoms with Crippen LogP contribution in [0, 0.1) is 34.0 Å². The maximum atomic E-state index is 14.3. The van der Waals surface area contributed by atoms with Gasteiger partial charge in [0.25, 0.3) is 0 Å². The summed E-state index contributed by atoms with van der Waals surface area (Å²) < 4.78 is 23.4. The van der Waals surface area contributed by atoms with Crippen molar-refractivity contribution in [1.82, 2.24) is 0 Å². The third-order valence-electron chi connectivity index (χ3n) is 10.7. The summed E-state index contributed by atoms with van der Waals surface area (Å²) >= 11 is 0. The molecule has 2 heterocycles. The van der Waals surface area contributed by atoms with Crippen LogP contribution in [0.25, 0.3) is 0 Å². The van der Waals surface area contributed by atoms with Crippen molar-refractivity contribution in [3.8, 4) is 5.75 Å². The van der Waals surface area contributed by atoms with Gasteiger partial charge in [-0.05, 0) is 66.9 Å². The minimum Gasteiger partial charge on any atom is -0.497 e. The first kappa shape index (κ1) is 26.5. The fraction of sp³-hybridized carbons (Fsp3) is 0.633. The second-order valence-electron chi connectivity index (χ2n) is 12.7. The standard InChI is InChI=1S/C30H36O9/c1-15-19-10-11-20-28-14-37-30(35,24(33)22(28)27(3,4)13-12-21(28)38-16(2)31)29(20,23(15)32)25(19)39-26(34)17-6-8-18(36-5)9-7-17/h6-9,19-22,24-25,33,35H,1,10-14H2,2-5H3/t19-,20-,21-,22+,24-,25+,28?,29?,30-/m0/s1. The Balaban J connectivity index is 1.51. The minimum absolute atomic E-state index is 0.0165. The number of carbonyl (C=O) groups excluding carboxylic acids is 3. The van der Waals surface area contributed by atoms with Gasteiger partial charge in [0.15, 0.2) is 5.78 Å². The van der Waals surface area contributed by atoms with Crippen molar-refractivity contribution >= 4 is 17.7 Å². The number of aliphatic hydroxyl groups excluding tert-OH is 1. The van der Waals surface area contributed by atoms with Gasteiger partial charge in [-0.2, -0.15) is 0 Å². The van der Waals surface area contributed by atoms with Crippen molar-refractivity contribution in [3.63, 3.8) is 0 Å². The predicted octanol–water partition coefficient (Wildman–Crippen LogP) is 2.82. The van der Waals surface area contributed by atoms with E-state index >= 15 is 0 Å². The van der Waals surface area contributed by atoms with Crippen LogP contribution in [0.2, 0.25) is 0 Å². The number of benzene rings is 1. The number of esters is 2. The molecule has 9 atom stereocenters. The molecule has 2 unspecified atom stereocenters. The number of carbonyl (C=O) groups is 3. The van der Waals surface area contributed by atoms with Crippen molar-refractivity contribution in [2.24, 2.45) is 34.0 Å². The fourth-order valence-electron chi connectivity index (χ4n) is 9.29. The molecule has 39 heavy (non-hydrogen) atoms. The van der Waals surface area contributed by atoms with Crippen LogP contribution in [-0.4, -0.2) is 65.8 Å². The highest BCUT2D eigenvalue weighted by molar-refractivity contribution is 6.05. The summed E-state index contributed by atoms with van der Waals surface area (Å²) in [6, 6.07) is 6.41. The Morgan fingerprint density at radius 1 is 1.10 bits per heavy atom. The third kappa shape index (κ3) is 3.09. The van der Waals surface area contributed by atoms with Gasteiger partial charge in [-0.25, -0.2) is 4.79 Å². The second kappa shape index (κ2) is 8.38. The number of ether oxygens (including phenoxy) is 4. The number of ketones is 1. The Hall–Kier alpha value is -2.75. The van der Waals surface area contributed by atoms with Crippen LogP contribution in [-0.2, 0) is 23.8 Å². The number of hydrogen-bond donors (Lipinski definition) is 2. The summed E-state index contributed by atoms with van der Waals surface area (Å²) in [5, 5.41) is 24.3. The smallest absolute Gasteiger partial charge is 0.338 e. The van der Waals surface area contributed by atoms with Crippen molar-refractivity contribution < 1.29 is 43.5 Å². The van der Waals surface area contributed by atoms with Gasteiger partial charge in [0.2, 0.25) is 5.79 Å². The molecule has 1 aromatic carbocycles. The number of methoxy groups -OCH3 is 1. The summed E-state index contributed by atoms with van der Waals surface area (Å²) in [7, 11) is 1.52. The van der Waals surface area contributed by atoms with Gasteiger partial charge in [-0.15, -0.1) is 0 Å². The normalized spacial score (nSPS) is 43.3. The highest BCUT2D eigenvalue weighted by Crippen LogP contribution is 2.77. The van der Waals surface area contributed by atoms with E-state index in [0.29, 0.717) is 31.4 Å². The van der Waals surface area contributed by atoms with Crippen LogP contribution in [0.5, 0.6) is 5.75 Å². The van der Waals surface area contributed by atoms with Crippen LogP contribution < -0.4 is 4.74 Å². The number of rotatable bonds is 4. The van der Waals surface area contributed by atoms with E-state index in [2.05, 4.69) is 6.58 Å². The molecule has 2 N–H and O–H groups in total. The summed E-state index contributed by atoms with van der Waals surface area (Å²) in [4.78, 5) is 40.0. The molecular formula is C30H36O9. The Morgan fingerprint density at radius 2 is 1.79 bits per heavy atom. The quantitative estimate of drug-likeness (QED) is 0.438. The lowest BCUT2D eigenvalue weighted by atomic mass is 9.35. The van der Waals surface area contributed by atoms with Gasteiger partial charge in [-0.1, -0.05) is 20.4 Å². The zero-order chi connectivity index (χ0) is 28.1. The topological polar surface area (TPSA) is 129 Å². The summed E-state index contributed by atoms with van der Waals surface area (Å²) in [6.45, 7) is 9.49. The molecule has 0 amide bonds. The Labute approximate surface area is 227 Å². The second-order valence-corrected chi connectivity index (χ2v) is 12.7. The van der Waals surface area contributed by atoms with Gasteiger partial charge in [-0.3, -0.25) is 9.59 Å². The van der Waals surface area contributed by atoms with E-state index in [1.165, 1.54) is 14.0 Å². The molecule has 6 fully saturated rings. The molecule has 0 aromatic heterocycles. The van der Waals surface area contributed by atoms with Crippen LogP contribution in [0.3, 0.4) is 0 Å². The van der Waals surface area contributed by atoms with Crippen LogP contribution in [0.15, 0.2) is 36.4 Å². The highest BCUT2D eigenvalue weighted by Gasteiger charge is 2.88. The molecule has 4 aliphatic carbocycles. The Morgan fingerprint density at radius 3 is 2.44 bits per heavy atom. The lowest BCUT2D eigenvalue weighted by Crippen LogP contribution is -2.86. The molecule has 2 aliphatic heterocycles. The lowest BCUT2D eigenvalue weighted by Gasteiger charge is -2.74. The Kier molecular flexibility index (Phi) is 5.69. The fourth-order valence-corrected chi connectivity index (χ4v) is 9.29. The van der Waals surface area contributed by atoms with Crippen LogP contribution in [0.1, 0.15) is 56.8 Å². The highest BCUT2D eigenvalue weighted by atomic mass is 16.7. The first-order valence-corrected chi connectivity index (χ1v) is 13.7. The molecule has 9 nitrogen and oxygen atoms in total. The van der Waals surface area contributed by atoms with Crippen molar-refractivity contribution in [3.05, 3.63) is 42.0 Å². The van der Waals surface area contributed by atoms with Crippen LogP contribution >= 0.6 is 0 Å². The molecule has 4 saturated carbocycles. The van der Waals surface area contributed by atoms with Crippen molar-refractivity contribution in [1.29, 1.82) is 0 Å². The monoisotopic (exact) mass is 540 g/mol.